The number of piperidine rings is 1. The third-order valence-electron chi connectivity index (χ3n) is 4.50. The molecule has 0 aromatic carbocycles. The number of anilines is 1. The predicted octanol–water partition coefficient (Wildman–Crippen LogP) is 3.15. The van der Waals surface area contributed by atoms with Gasteiger partial charge in [-0.2, -0.15) is 0 Å². The minimum atomic E-state index is 0.108. The Kier molecular flexibility index (Phi) is 3.80. The first-order valence-corrected chi connectivity index (χ1v) is 8.54. The maximum absolute atomic E-state index is 13.0. The summed E-state index contributed by atoms with van der Waals surface area (Å²) in [6.07, 6.45) is 2.26. The van der Waals surface area contributed by atoms with Gasteiger partial charge in [-0.15, -0.1) is 11.3 Å². The summed E-state index contributed by atoms with van der Waals surface area (Å²) in [6.45, 7) is 8.93. The van der Waals surface area contributed by atoms with Crippen LogP contribution in [-0.2, 0) is 0 Å². The van der Waals surface area contributed by atoms with Gasteiger partial charge >= 0.3 is 0 Å². The molecule has 0 aliphatic carbocycles. The van der Waals surface area contributed by atoms with Gasteiger partial charge in [0.15, 0.2) is 0 Å². The number of thiophene rings is 1. The standard InChI is InChI=1S/C16H22N4OS/c1-8-5-6-9(2)20(7-8)16(21)13-10(3)12-14(17)18-11(4)19-15(12)22-13/h8-9H,5-7H2,1-4H3,(H2,17,18,19)/t8-,9-/m1/s1. The topological polar surface area (TPSA) is 72.1 Å². The van der Waals surface area contributed by atoms with Crippen LogP contribution < -0.4 is 5.73 Å². The number of likely N-dealkylation sites (tertiary alicyclic amines) is 1. The molecule has 5 nitrogen and oxygen atoms in total. The van der Waals surface area contributed by atoms with Crippen molar-refractivity contribution in [2.75, 3.05) is 12.3 Å². The van der Waals surface area contributed by atoms with Gasteiger partial charge in [0.1, 0.15) is 16.5 Å². The maximum Gasteiger partial charge on any atom is 0.264 e. The van der Waals surface area contributed by atoms with Crippen LogP contribution >= 0.6 is 11.3 Å². The van der Waals surface area contributed by atoms with Gasteiger partial charge in [0.25, 0.3) is 5.91 Å². The summed E-state index contributed by atoms with van der Waals surface area (Å²) in [5.41, 5.74) is 6.94. The second-order valence-electron chi connectivity index (χ2n) is 6.38. The average molecular weight is 318 g/mol. The number of hydrogen-bond donors (Lipinski definition) is 1. The summed E-state index contributed by atoms with van der Waals surface area (Å²) in [6, 6.07) is 0.290. The molecule has 1 aliphatic rings. The smallest absolute Gasteiger partial charge is 0.264 e. The molecule has 0 spiro atoms. The van der Waals surface area contributed by atoms with Crippen molar-refractivity contribution in [2.45, 2.75) is 46.6 Å². The van der Waals surface area contributed by atoms with Gasteiger partial charge in [0.2, 0.25) is 0 Å². The monoisotopic (exact) mass is 318 g/mol. The molecule has 118 valence electrons. The number of rotatable bonds is 1. The van der Waals surface area contributed by atoms with Crippen molar-refractivity contribution in [3.8, 4) is 0 Å². The summed E-state index contributed by atoms with van der Waals surface area (Å²) >= 11 is 1.43. The lowest BCUT2D eigenvalue weighted by molar-refractivity contribution is 0.0578. The molecule has 2 atom stereocenters. The number of carbonyl (C=O) groups excluding carboxylic acids is 1. The summed E-state index contributed by atoms with van der Waals surface area (Å²) in [7, 11) is 0. The van der Waals surface area contributed by atoms with E-state index in [0.29, 0.717) is 23.6 Å². The fourth-order valence-corrected chi connectivity index (χ4v) is 4.38. The Morgan fingerprint density at radius 1 is 1.27 bits per heavy atom. The molecule has 2 N–H and O–H groups in total. The van der Waals surface area contributed by atoms with Gasteiger partial charge < -0.3 is 10.6 Å². The van der Waals surface area contributed by atoms with Crippen LogP contribution in [0.25, 0.3) is 10.2 Å². The second-order valence-corrected chi connectivity index (χ2v) is 7.38. The van der Waals surface area contributed by atoms with E-state index in [2.05, 4.69) is 23.8 Å². The molecule has 22 heavy (non-hydrogen) atoms. The predicted molar refractivity (Wildman–Crippen MR) is 90.2 cm³/mol. The fraction of sp³-hybridized carbons (Fsp3) is 0.562. The van der Waals surface area contributed by atoms with Gasteiger partial charge in [-0.25, -0.2) is 9.97 Å². The molecule has 1 amide bonds. The summed E-state index contributed by atoms with van der Waals surface area (Å²) in [4.78, 5) is 25.2. The van der Waals surface area contributed by atoms with Crippen LogP contribution in [0.3, 0.4) is 0 Å². The minimum Gasteiger partial charge on any atom is -0.383 e. The second kappa shape index (κ2) is 5.50. The van der Waals surface area contributed by atoms with Crippen LogP contribution in [0.1, 0.15) is 47.7 Å². The molecular weight excluding hydrogens is 296 g/mol. The van der Waals surface area contributed by atoms with E-state index >= 15 is 0 Å². The molecule has 1 saturated heterocycles. The third kappa shape index (κ3) is 2.45. The molecule has 0 bridgehead atoms. The van der Waals surface area contributed by atoms with Crippen LogP contribution in [0.4, 0.5) is 5.82 Å². The average Bonchev–Trinajstić information content (AvgIpc) is 2.77. The highest BCUT2D eigenvalue weighted by Gasteiger charge is 2.30. The van der Waals surface area contributed by atoms with Crippen molar-refractivity contribution in [3.05, 3.63) is 16.3 Å². The number of nitrogen functional groups attached to an aromatic ring is 1. The van der Waals surface area contributed by atoms with Gasteiger partial charge in [0.05, 0.1) is 10.3 Å². The Morgan fingerprint density at radius 3 is 2.73 bits per heavy atom. The Bertz CT molecular complexity index is 739. The molecule has 3 rings (SSSR count). The van der Waals surface area contributed by atoms with Crippen LogP contribution in [0.15, 0.2) is 0 Å². The molecule has 6 heteroatoms. The molecule has 0 radical (unpaired) electrons. The van der Waals surface area contributed by atoms with E-state index in [1.807, 2.05) is 18.7 Å². The highest BCUT2D eigenvalue weighted by molar-refractivity contribution is 7.20. The molecule has 1 fully saturated rings. The van der Waals surface area contributed by atoms with Crippen LogP contribution in [0.5, 0.6) is 0 Å². The zero-order valence-electron chi connectivity index (χ0n) is 13.5. The number of amides is 1. The van der Waals surface area contributed by atoms with E-state index in [1.54, 1.807) is 0 Å². The Morgan fingerprint density at radius 2 is 2.00 bits per heavy atom. The number of nitrogens with zero attached hydrogens (tertiary/aromatic N) is 3. The minimum absolute atomic E-state index is 0.108. The van der Waals surface area contributed by atoms with Crippen molar-refractivity contribution in [1.82, 2.24) is 14.9 Å². The first kappa shape index (κ1) is 15.2. The van der Waals surface area contributed by atoms with Gasteiger partial charge in [-0.3, -0.25) is 4.79 Å². The fourth-order valence-electron chi connectivity index (χ4n) is 3.19. The number of aromatic nitrogens is 2. The van der Waals surface area contributed by atoms with Gasteiger partial charge in [0, 0.05) is 12.6 Å². The number of nitrogens with two attached hydrogens (primary N) is 1. The lowest BCUT2D eigenvalue weighted by atomic mass is 9.94. The van der Waals surface area contributed by atoms with Crippen LogP contribution in [0.2, 0.25) is 0 Å². The highest BCUT2D eigenvalue weighted by atomic mass is 32.1. The zero-order chi connectivity index (χ0) is 16.0. The number of aryl methyl sites for hydroxylation is 2. The molecule has 3 heterocycles. The first-order chi connectivity index (χ1) is 10.4. The largest absolute Gasteiger partial charge is 0.383 e. The van der Waals surface area contributed by atoms with Crippen molar-refractivity contribution >= 4 is 33.3 Å². The van der Waals surface area contributed by atoms with E-state index in [4.69, 9.17) is 5.73 Å². The summed E-state index contributed by atoms with van der Waals surface area (Å²) in [5.74, 6) is 1.78. The van der Waals surface area contributed by atoms with Crippen LogP contribution in [0, 0.1) is 19.8 Å². The lowest BCUT2D eigenvalue weighted by Gasteiger charge is -2.36. The maximum atomic E-state index is 13.0. The summed E-state index contributed by atoms with van der Waals surface area (Å²) in [5, 5.41) is 0.830. The van der Waals surface area contributed by atoms with E-state index in [1.165, 1.54) is 17.8 Å². The number of fused-ring (bicyclic) bond motifs is 1. The Hall–Kier alpha value is -1.69. The molecular formula is C16H22N4OS. The molecule has 2 aromatic heterocycles. The Labute approximate surface area is 134 Å². The number of hydrogen-bond acceptors (Lipinski definition) is 5. The lowest BCUT2D eigenvalue weighted by Crippen LogP contribution is -2.44. The molecule has 1 aliphatic heterocycles. The van der Waals surface area contributed by atoms with Crippen LogP contribution in [-0.4, -0.2) is 33.4 Å². The van der Waals surface area contributed by atoms with E-state index < -0.39 is 0 Å². The van der Waals surface area contributed by atoms with E-state index in [-0.39, 0.29) is 5.91 Å². The quantitative estimate of drug-likeness (QED) is 0.876. The van der Waals surface area contributed by atoms with E-state index in [9.17, 15) is 4.79 Å². The highest BCUT2D eigenvalue weighted by Crippen LogP contribution is 2.34. The van der Waals surface area contributed by atoms with Gasteiger partial charge in [-0.05, 0) is 45.1 Å². The third-order valence-corrected chi connectivity index (χ3v) is 5.68. The number of carbonyl (C=O) groups is 1. The van der Waals surface area contributed by atoms with E-state index in [0.717, 1.165) is 33.6 Å². The van der Waals surface area contributed by atoms with Crippen molar-refractivity contribution in [1.29, 1.82) is 0 Å². The van der Waals surface area contributed by atoms with Gasteiger partial charge in [-0.1, -0.05) is 6.92 Å². The summed E-state index contributed by atoms with van der Waals surface area (Å²) < 4.78 is 0. The molecule has 0 saturated carbocycles. The zero-order valence-corrected chi connectivity index (χ0v) is 14.3. The first-order valence-electron chi connectivity index (χ1n) is 7.72. The SMILES string of the molecule is Cc1nc(N)c2c(C)c(C(=O)N3C[C@H](C)CC[C@H]3C)sc2n1. The molecule has 0 unspecified atom stereocenters. The normalized spacial score (nSPS) is 22.3. The van der Waals surface area contributed by atoms with Crippen molar-refractivity contribution in [2.24, 2.45) is 5.92 Å². The van der Waals surface area contributed by atoms with Crippen molar-refractivity contribution < 1.29 is 4.79 Å². The molecule has 2 aromatic rings. The van der Waals surface area contributed by atoms with Crippen molar-refractivity contribution in [3.63, 3.8) is 0 Å². The Balaban J connectivity index is 2.04.